The van der Waals surface area contributed by atoms with Crippen LogP contribution in [0.5, 0.6) is 0 Å². The molecule has 0 spiro atoms. The molecule has 3 heterocycles. The summed E-state index contributed by atoms with van der Waals surface area (Å²) in [4.78, 5) is 25.7. The number of morpholine rings is 1. The number of ether oxygens (including phenoxy) is 1. The highest BCUT2D eigenvalue weighted by Crippen LogP contribution is 2.25. The average Bonchev–Trinajstić information content (AvgIpc) is 3.07. The van der Waals surface area contributed by atoms with Crippen LogP contribution in [0.25, 0.3) is 0 Å². The predicted octanol–water partition coefficient (Wildman–Crippen LogP) is 2.27. The molecule has 2 atom stereocenters. The van der Waals surface area contributed by atoms with Gasteiger partial charge in [-0.15, -0.1) is 0 Å². The third kappa shape index (κ3) is 6.70. The SMILES string of the molecule is CC(C)CN1CCO[C@@H]2CCN(C(=O)c3ccno3)CC[C@H]21.O=C(O)C(F)(F)F. The van der Waals surface area contributed by atoms with Gasteiger partial charge in [0.05, 0.1) is 18.9 Å². The summed E-state index contributed by atoms with van der Waals surface area (Å²) in [7, 11) is 0. The Morgan fingerprint density at radius 3 is 2.48 bits per heavy atom. The van der Waals surface area contributed by atoms with E-state index < -0.39 is 12.1 Å². The minimum absolute atomic E-state index is 0.0634. The Hall–Kier alpha value is -2.14. The summed E-state index contributed by atoms with van der Waals surface area (Å²) in [6.45, 7) is 8.86. The van der Waals surface area contributed by atoms with Crippen molar-refractivity contribution in [3.8, 4) is 0 Å². The lowest BCUT2D eigenvalue weighted by molar-refractivity contribution is -0.192. The molecular formula is C18H26F3N3O5. The first-order valence-corrected chi connectivity index (χ1v) is 9.45. The molecule has 0 aromatic carbocycles. The second-order valence-electron chi connectivity index (χ2n) is 7.41. The molecule has 164 valence electrons. The monoisotopic (exact) mass is 421 g/mol. The minimum Gasteiger partial charge on any atom is -0.475 e. The van der Waals surface area contributed by atoms with Crippen LogP contribution in [0.1, 0.15) is 37.2 Å². The molecule has 0 unspecified atom stereocenters. The number of amides is 1. The van der Waals surface area contributed by atoms with Gasteiger partial charge in [0.1, 0.15) is 0 Å². The topological polar surface area (TPSA) is 96.1 Å². The van der Waals surface area contributed by atoms with E-state index in [4.69, 9.17) is 19.2 Å². The average molecular weight is 421 g/mol. The molecule has 11 heteroatoms. The van der Waals surface area contributed by atoms with Gasteiger partial charge in [0, 0.05) is 38.3 Å². The Morgan fingerprint density at radius 1 is 1.28 bits per heavy atom. The summed E-state index contributed by atoms with van der Waals surface area (Å²) >= 11 is 0. The second-order valence-corrected chi connectivity index (χ2v) is 7.41. The van der Waals surface area contributed by atoms with Crippen molar-refractivity contribution >= 4 is 11.9 Å². The number of aliphatic carboxylic acids is 1. The molecule has 0 bridgehead atoms. The van der Waals surface area contributed by atoms with E-state index in [1.165, 1.54) is 6.20 Å². The number of alkyl halides is 3. The van der Waals surface area contributed by atoms with Gasteiger partial charge < -0.3 is 19.3 Å². The molecule has 0 saturated carbocycles. The summed E-state index contributed by atoms with van der Waals surface area (Å²) in [5.74, 6) is -1.85. The van der Waals surface area contributed by atoms with E-state index in [9.17, 15) is 18.0 Å². The lowest BCUT2D eigenvalue weighted by Crippen LogP contribution is -2.52. The summed E-state index contributed by atoms with van der Waals surface area (Å²) in [5.41, 5.74) is 0. The van der Waals surface area contributed by atoms with Crippen LogP contribution in [0.4, 0.5) is 13.2 Å². The third-order valence-corrected chi connectivity index (χ3v) is 4.76. The van der Waals surface area contributed by atoms with Crippen LogP contribution in [0.3, 0.4) is 0 Å². The number of carboxylic acid groups (broad SMARTS) is 1. The quantitative estimate of drug-likeness (QED) is 0.800. The van der Waals surface area contributed by atoms with Gasteiger partial charge in [0.15, 0.2) is 0 Å². The number of likely N-dealkylation sites (tertiary alicyclic amines) is 1. The van der Waals surface area contributed by atoms with Crippen LogP contribution in [0, 0.1) is 5.92 Å². The highest BCUT2D eigenvalue weighted by molar-refractivity contribution is 5.91. The Morgan fingerprint density at radius 2 is 1.93 bits per heavy atom. The fourth-order valence-electron chi connectivity index (χ4n) is 3.54. The van der Waals surface area contributed by atoms with E-state index in [1.807, 2.05) is 4.90 Å². The largest absolute Gasteiger partial charge is 0.490 e. The first-order chi connectivity index (χ1) is 13.6. The molecule has 8 nitrogen and oxygen atoms in total. The van der Waals surface area contributed by atoms with Gasteiger partial charge in [0.2, 0.25) is 5.76 Å². The maximum absolute atomic E-state index is 12.4. The molecular weight excluding hydrogens is 395 g/mol. The maximum atomic E-state index is 12.4. The smallest absolute Gasteiger partial charge is 0.475 e. The minimum atomic E-state index is -5.08. The van der Waals surface area contributed by atoms with Gasteiger partial charge in [-0.05, 0) is 18.8 Å². The van der Waals surface area contributed by atoms with E-state index in [0.717, 1.165) is 45.6 Å². The lowest BCUT2D eigenvalue weighted by Gasteiger charge is -2.41. The molecule has 1 aromatic heterocycles. The number of hydrogen-bond acceptors (Lipinski definition) is 6. The van der Waals surface area contributed by atoms with Crippen molar-refractivity contribution in [2.45, 2.75) is 45.0 Å². The number of aromatic nitrogens is 1. The third-order valence-electron chi connectivity index (χ3n) is 4.76. The highest BCUT2D eigenvalue weighted by atomic mass is 19.4. The molecule has 29 heavy (non-hydrogen) atoms. The van der Waals surface area contributed by atoms with Crippen LogP contribution in [-0.4, -0.2) is 83.0 Å². The Labute approximate surface area is 166 Å². The molecule has 0 aliphatic carbocycles. The molecule has 1 aromatic rings. The summed E-state index contributed by atoms with van der Waals surface area (Å²) in [6.07, 6.45) is -1.49. The van der Waals surface area contributed by atoms with Gasteiger partial charge in [-0.25, -0.2) is 4.79 Å². The van der Waals surface area contributed by atoms with Gasteiger partial charge >= 0.3 is 12.1 Å². The fourth-order valence-corrected chi connectivity index (χ4v) is 3.54. The van der Waals surface area contributed by atoms with Crippen LogP contribution in [-0.2, 0) is 9.53 Å². The van der Waals surface area contributed by atoms with E-state index in [1.54, 1.807) is 6.07 Å². The Balaban J connectivity index is 0.000000370. The van der Waals surface area contributed by atoms with E-state index >= 15 is 0 Å². The molecule has 1 amide bonds. The standard InChI is InChI=1S/C16H25N3O3.C2HF3O2/c1-12(2)11-19-9-10-21-14-5-8-18(7-4-13(14)19)16(20)15-3-6-17-22-15;3-2(4,5)1(6)7/h3,6,12-14H,4-5,7-11H2,1-2H3;(H,6,7)/t13-,14-;/m1./s1. The number of hydrogen-bond donors (Lipinski definition) is 1. The van der Waals surface area contributed by atoms with Crippen molar-refractivity contribution in [2.75, 3.05) is 32.8 Å². The van der Waals surface area contributed by atoms with Crippen molar-refractivity contribution in [1.82, 2.24) is 15.0 Å². The van der Waals surface area contributed by atoms with Crippen LogP contribution in [0.15, 0.2) is 16.8 Å². The van der Waals surface area contributed by atoms with Crippen molar-refractivity contribution in [3.05, 3.63) is 18.0 Å². The number of halogens is 3. The Bertz CT molecular complexity index is 666. The number of rotatable bonds is 3. The number of carbonyl (C=O) groups is 2. The summed E-state index contributed by atoms with van der Waals surface area (Å²) in [6, 6.07) is 2.05. The van der Waals surface area contributed by atoms with Crippen LogP contribution >= 0.6 is 0 Å². The molecule has 2 fully saturated rings. The number of carboxylic acids is 1. The molecule has 2 aliphatic heterocycles. The highest BCUT2D eigenvalue weighted by Gasteiger charge is 2.38. The Kier molecular flexibility index (Phi) is 8.03. The second kappa shape index (κ2) is 10.1. The van der Waals surface area contributed by atoms with E-state index in [0.29, 0.717) is 17.7 Å². The van der Waals surface area contributed by atoms with Crippen molar-refractivity contribution < 1.29 is 37.1 Å². The number of carbonyl (C=O) groups excluding carboxylic acids is 1. The van der Waals surface area contributed by atoms with Gasteiger partial charge in [-0.2, -0.15) is 13.2 Å². The van der Waals surface area contributed by atoms with Crippen molar-refractivity contribution in [2.24, 2.45) is 5.92 Å². The van der Waals surface area contributed by atoms with Gasteiger partial charge in [-0.1, -0.05) is 19.0 Å². The maximum Gasteiger partial charge on any atom is 0.490 e. The van der Waals surface area contributed by atoms with Crippen LogP contribution in [0.2, 0.25) is 0 Å². The fraction of sp³-hybridized carbons (Fsp3) is 0.722. The van der Waals surface area contributed by atoms with Crippen LogP contribution < -0.4 is 0 Å². The molecule has 3 rings (SSSR count). The van der Waals surface area contributed by atoms with Gasteiger partial charge in [0.25, 0.3) is 5.91 Å². The van der Waals surface area contributed by atoms with Crippen molar-refractivity contribution in [1.29, 1.82) is 0 Å². The summed E-state index contributed by atoms with van der Waals surface area (Å²) < 4.78 is 42.7. The first-order valence-electron chi connectivity index (χ1n) is 9.45. The number of fused-ring (bicyclic) bond motifs is 1. The summed E-state index contributed by atoms with van der Waals surface area (Å²) in [5, 5.41) is 10.7. The lowest BCUT2D eigenvalue weighted by atomic mass is 10.0. The van der Waals surface area contributed by atoms with Gasteiger partial charge in [-0.3, -0.25) is 9.69 Å². The van der Waals surface area contributed by atoms with E-state index in [-0.39, 0.29) is 12.0 Å². The molecule has 2 aliphatic rings. The first kappa shape index (κ1) is 23.1. The molecule has 1 N–H and O–H groups in total. The van der Waals surface area contributed by atoms with Crippen molar-refractivity contribution in [3.63, 3.8) is 0 Å². The zero-order valence-electron chi connectivity index (χ0n) is 16.4. The normalized spacial score (nSPS) is 23.0. The zero-order chi connectivity index (χ0) is 21.6. The zero-order valence-corrected chi connectivity index (χ0v) is 16.4. The number of nitrogens with zero attached hydrogens (tertiary/aromatic N) is 3. The predicted molar refractivity (Wildman–Crippen MR) is 95.3 cm³/mol. The molecule has 0 radical (unpaired) electrons. The molecule has 2 saturated heterocycles. The van der Waals surface area contributed by atoms with E-state index in [2.05, 4.69) is 23.9 Å².